The van der Waals surface area contributed by atoms with Gasteiger partial charge in [0.15, 0.2) is 0 Å². The Balaban J connectivity index is 2.14. The molecule has 1 aromatic carbocycles. The molecule has 7 heteroatoms. The number of nitrogens with zero attached hydrogens (tertiary/aromatic N) is 2. The van der Waals surface area contributed by atoms with Gasteiger partial charge in [0.2, 0.25) is 0 Å². The first kappa shape index (κ1) is 13.1. The van der Waals surface area contributed by atoms with E-state index in [2.05, 4.69) is 30.9 Å². The molecule has 3 aromatic rings. The number of nitrogens with one attached hydrogen (secondary N) is 2. The standard InChI is InChI=1S/C13H14BrN5O/c1-19-10(4-5-15)18-11(12(19)14)7-2-3-8-9(6-7)17-13(20)16-8/h2-3,6H,4-5,15H2,1H3,(H2,16,17,20). The lowest BCUT2D eigenvalue weighted by Gasteiger charge is -2.00. The number of aromatic amines is 2. The minimum Gasteiger partial charge on any atom is -0.330 e. The van der Waals surface area contributed by atoms with Gasteiger partial charge in [0.05, 0.1) is 11.0 Å². The summed E-state index contributed by atoms with van der Waals surface area (Å²) in [5, 5.41) is 0. The lowest BCUT2D eigenvalue weighted by molar-refractivity contribution is 0.767. The van der Waals surface area contributed by atoms with E-state index in [-0.39, 0.29) is 5.69 Å². The van der Waals surface area contributed by atoms with Gasteiger partial charge in [-0.05, 0) is 34.6 Å². The topological polar surface area (TPSA) is 92.5 Å². The van der Waals surface area contributed by atoms with Gasteiger partial charge in [0.1, 0.15) is 16.1 Å². The third-order valence-corrected chi connectivity index (χ3v) is 4.18. The van der Waals surface area contributed by atoms with E-state index in [1.807, 2.05) is 29.8 Å². The van der Waals surface area contributed by atoms with Gasteiger partial charge < -0.3 is 20.3 Å². The zero-order valence-electron chi connectivity index (χ0n) is 10.9. The van der Waals surface area contributed by atoms with Crippen LogP contribution in [0.2, 0.25) is 0 Å². The van der Waals surface area contributed by atoms with Crippen molar-refractivity contribution in [2.45, 2.75) is 6.42 Å². The van der Waals surface area contributed by atoms with E-state index < -0.39 is 0 Å². The summed E-state index contributed by atoms with van der Waals surface area (Å²) < 4.78 is 2.88. The molecule has 0 atom stereocenters. The highest BCUT2D eigenvalue weighted by molar-refractivity contribution is 9.10. The first-order chi connectivity index (χ1) is 9.60. The Bertz CT molecular complexity index is 829. The number of hydrogen-bond donors (Lipinski definition) is 3. The fraction of sp³-hybridized carbons (Fsp3) is 0.231. The number of H-pyrrole nitrogens is 2. The Kier molecular flexibility index (Phi) is 3.23. The van der Waals surface area contributed by atoms with Crippen molar-refractivity contribution in [1.82, 2.24) is 19.5 Å². The summed E-state index contributed by atoms with van der Waals surface area (Å²) >= 11 is 3.56. The molecule has 0 aliphatic heterocycles. The number of imidazole rings is 2. The monoisotopic (exact) mass is 335 g/mol. The number of hydrogen-bond acceptors (Lipinski definition) is 3. The molecule has 0 unspecified atom stereocenters. The van der Waals surface area contributed by atoms with E-state index in [4.69, 9.17) is 5.73 Å². The Labute approximate surface area is 123 Å². The van der Waals surface area contributed by atoms with Crippen LogP contribution in [0.1, 0.15) is 5.82 Å². The second-order valence-corrected chi connectivity index (χ2v) is 5.36. The number of halogens is 1. The minimum absolute atomic E-state index is 0.207. The maximum absolute atomic E-state index is 11.3. The van der Waals surface area contributed by atoms with Crippen LogP contribution in [0.5, 0.6) is 0 Å². The number of aromatic nitrogens is 4. The van der Waals surface area contributed by atoms with Crippen molar-refractivity contribution in [1.29, 1.82) is 0 Å². The molecule has 0 saturated carbocycles. The van der Waals surface area contributed by atoms with Crippen molar-refractivity contribution in [3.05, 3.63) is 39.1 Å². The minimum atomic E-state index is -0.207. The van der Waals surface area contributed by atoms with E-state index in [9.17, 15) is 4.79 Å². The quantitative estimate of drug-likeness (QED) is 0.677. The largest absolute Gasteiger partial charge is 0.330 e. The van der Waals surface area contributed by atoms with Gasteiger partial charge >= 0.3 is 5.69 Å². The molecule has 20 heavy (non-hydrogen) atoms. The molecule has 0 aliphatic carbocycles. The van der Waals surface area contributed by atoms with E-state index in [0.29, 0.717) is 6.54 Å². The summed E-state index contributed by atoms with van der Waals surface area (Å²) in [6, 6.07) is 5.71. The normalized spacial score (nSPS) is 11.3. The summed E-state index contributed by atoms with van der Waals surface area (Å²) in [6.07, 6.45) is 0.721. The van der Waals surface area contributed by atoms with Crippen LogP contribution >= 0.6 is 15.9 Å². The molecular formula is C13H14BrN5O. The molecule has 104 valence electrons. The van der Waals surface area contributed by atoms with Crippen molar-refractivity contribution < 1.29 is 0 Å². The molecule has 3 rings (SSSR count). The Hall–Kier alpha value is -1.86. The molecule has 2 heterocycles. The summed E-state index contributed by atoms with van der Waals surface area (Å²) in [6.45, 7) is 0.556. The number of rotatable bonds is 3. The summed E-state index contributed by atoms with van der Waals surface area (Å²) in [5.74, 6) is 0.928. The van der Waals surface area contributed by atoms with Crippen molar-refractivity contribution in [3.8, 4) is 11.3 Å². The molecule has 2 aromatic heterocycles. The maximum atomic E-state index is 11.3. The van der Waals surface area contributed by atoms with Gasteiger partial charge in [-0.3, -0.25) is 0 Å². The van der Waals surface area contributed by atoms with Crippen molar-refractivity contribution in [2.75, 3.05) is 6.54 Å². The zero-order chi connectivity index (χ0) is 14.3. The highest BCUT2D eigenvalue weighted by atomic mass is 79.9. The Morgan fingerprint density at radius 3 is 2.85 bits per heavy atom. The van der Waals surface area contributed by atoms with Crippen LogP contribution in [0.3, 0.4) is 0 Å². The molecule has 0 bridgehead atoms. The first-order valence-electron chi connectivity index (χ1n) is 6.23. The third kappa shape index (κ3) is 2.08. The van der Waals surface area contributed by atoms with Gasteiger partial charge in [0, 0.05) is 19.0 Å². The fourth-order valence-electron chi connectivity index (χ4n) is 2.24. The molecule has 4 N–H and O–H groups in total. The van der Waals surface area contributed by atoms with Gasteiger partial charge in [0.25, 0.3) is 0 Å². The molecular weight excluding hydrogens is 322 g/mol. The van der Waals surface area contributed by atoms with Crippen LogP contribution in [0.15, 0.2) is 27.6 Å². The predicted octanol–water partition coefficient (Wildman–Crippen LogP) is 1.52. The lowest BCUT2D eigenvalue weighted by atomic mass is 10.1. The summed E-state index contributed by atoms with van der Waals surface area (Å²) in [4.78, 5) is 21.4. The van der Waals surface area contributed by atoms with Crippen molar-refractivity contribution in [3.63, 3.8) is 0 Å². The highest BCUT2D eigenvalue weighted by Gasteiger charge is 2.14. The molecule has 6 nitrogen and oxygen atoms in total. The van der Waals surface area contributed by atoms with Crippen molar-refractivity contribution in [2.24, 2.45) is 12.8 Å². The molecule has 0 aliphatic rings. The van der Waals surface area contributed by atoms with Crippen LogP contribution in [0.25, 0.3) is 22.3 Å². The van der Waals surface area contributed by atoms with E-state index >= 15 is 0 Å². The van der Waals surface area contributed by atoms with E-state index in [0.717, 1.165) is 39.1 Å². The first-order valence-corrected chi connectivity index (χ1v) is 7.03. The molecule has 0 amide bonds. The third-order valence-electron chi connectivity index (χ3n) is 3.28. The molecule has 0 saturated heterocycles. The van der Waals surface area contributed by atoms with Gasteiger partial charge in [-0.2, -0.15) is 0 Å². The van der Waals surface area contributed by atoms with E-state index in [1.165, 1.54) is 0 Å². The molecule has 0 radical (unpaired) electrons. The number of benzene rings is 1. The summed E-state index contributed by atoms with van der Waals surface area (Å²) in [7, 11) is 1.95. The van der Waals surface area contributed by atoms with Crippen LogP contribution in [0, 0.1) is 0 Å². The average Bonchev–Trinajstić information content (AvgIpc) is 2.92. The van der Waals surface area contributed by atoms with E-state index in [1.54, 1.807) is 0 Å². The SMILES string of the molecule is Cn1c(CCN)nc(-c2ccc3[nH]c(=O)[nH]c3c2)c1Br. The Morgan fingerprint density at radius 2 is 2.10 bits per heavy atom. The summed E-state index contributed by atoms with van der Waals surface area (Å²) in [5.41, 5.74) is 8.73. The van der Waals surface area contributed by atoms with Gasteiger partial charge in [-0.25, -0.2) is 9.78 Å². The average molecular weight is 336 g/mol. The second-order valence-electron chi connectivity index (χ2n) is 4.60. The van der Waals surface area contributed by atoms with Crippen LogP contribution in [-0.4, -0.2) is 26.1 Å². The van der Waals surface area contributed by atoms with Crippen LogP contribution < -0.4 is 11.4 Å². The predicted molar refractivity (Wildman–Crippen MR) is 81.6 cm³/mol. The van der Waals surface area contributed by atoms with Crippen LogP contribution in [0.4, 0.5) is 0 Å². The maximum Gasteiger partial charge on any atom is 0.323 e. The molecule has 0 spiro atoms. The van der Waals surface area contributed by atoms with Gasteiger partial charge in [-0.15, -0.1) is 0 Å². The smallest absolute Gasteiger partial charge is 0.323 e. The fourth-order valence-corrected chi connectivity index (χ4v) is 2.76. The van der Waals surface area contributed by atoms with Crippen LogP contribution in [-0.2, 0) is 13.5 Å². The second kappa shape index (κ2) is 4.92. The van der Waals surface area contributed by atoms with Gasteiger partial charge in [-0.1, -0.05) is 6.07 Å². The highest BCUT2D eigenvalue weighted by Crippen LogP contribution is 2.29. The number of nitrogens with two attached hydrogens (primary N) is 1. The molecule has 0 fully saturated rings. The lowest BCUT2D eigenvalue weighted by Crippen LogP contribution is -2.07. The zero-order valence-corrected chi connectivity index (χ0v) is 12.5. The Morgan fingerprint density at radius 1 is 1.35 bits per heavy atom. The van der Waals surface area contributed by atoms with Crippen molar-refractivity contribution >= 4 is 27.0 Å². The number of fused-ring (bicyclic) bond motifs is 1.